The Balaban J connectivity index is 2.06. The number of rotatable bonds is 4. The SMILES string of the molecule is CCCOc1ccc(-n2c(=S)[nH]c3c(F)cccc32)cc1. The summed E-state index contributed by atoms with van der Waals surface area (Å²) in [5.41, 5.74) is 2.02. The summed E-state index contributed by atoms with van der Waals surface area (Å²) in [6, 6.07) is 12.6. The quantitative estimate of drug-likeness (QED) is 0.713. The number of nitrogens with one attached hydrogen (secondary N) is 1. The molecule has 1 heterocycles. The van der Waals surface area contributed by atoms with Crippen molar-refractivity contribution in [3.63, 3.8) is 0 Å². The molecule has 21 heavy (non-hydrogen) atoms. The number of fused-ring (bicyclic) bond motifs is 1. The van der Waals surface area contributed by atoms with Crippen LogP contribution in [0.4, 0.5) is 4.39 Å². The van der Waals surface area contributed by atoms with Crippen molar-refractivity contribution in [2.75, 3.05) is 6.61 Å². The van der Waals surface area contributed by atoms with Gasteiger partial charge in [-0.25, -0.2) is 4.39 Å². The normalized spacial score (nSPS) is 11.0. The molecule has 0 fully saturated rings. The first kappa shape index (κ1) is 13.8. The number of H-pyrrole nitrogens is 1. The maximum absolute atomic E-state index is 13.8. The van der Waals surface area contributed by atoms with E-state index in [0.29, 0.717) is 16.9 Å². The van der Waals surface area contributed by atoms with Crippen LogP contribution in [0, 0.1) is 10.6 Å². The predicted molar refractivity (Wildman–Crippen MR) is 84.2 cm³/mol. The molecule has 0 saturated heterocycles. The Hall–Kier alpha value is -2.14. The summed E-state index contributed by atoms with van der Waals surface area (Å²) in [4.78, 5) is 2.91. The lowest BCUT2D eigenvalue weighted by Crippen LogP contribution is -1.97. The molecule has 5 heteroatoms. The fourth-order valence-electron chi connectivity index (χ4n) is 2.26. The van der Waals surface area contributed by atoms with Gasteiger partial charge in [0.2, 0.25) is 0 Å². The number of aromatic nitrogens is 2. The minimum absolute atomic E-state index is 0.305. The van der Waals surface area contributed by atoms with Gasteiger partial charge in [-0.15, -0.1) is 0 Å². The second kappa shape index (κ2) is 5.69. The van der Waals surface area contributed by atoms with Crippen molar-refractivity contribution >= 4 is 23.3 Å². The van der Waals surface area contributed by atoms with E-state index >= 15 is 0 Å². The molecule has 3 aromatic rings. The Labute approximate surface area is 127 Å². The lowest BCUT2D eigenvalue weighted by atomic mass is 10.2. The summed E-state index contributed by atoms with van der Waals surface area (Å²) in [6.45, 7) is 2.76. The predicted octanol–water partition coefficient (Wildman–Crippen LogP) is 4.62. The number of ether oxygens (including phenoxy) is 1. The van der Waals surface area contributed by atoms with E-state index < -0.39 is 0 Å². The van der Waals surface area contributed by atoms with Gasteiger partial charge in [0, 0.05) is 5.69 Å². The van der Waals surface area contributed by atoms with Gasteiger partial charge in [0.25, 0.3) is 0 Å². The lowest BCUT2D eigenvalue weighted by Gasteiger charge is -2.07. The molecule has 0 aliphatic heterocycles. The first-order valence-electron chi connectivity index (χ1n) is 6.83. The molecule has 0 bridgehead atoms. The number of nitrogens with zero attached hydrogens (tertiary/aromatic N) is 1. The zero-order chi connectivity index (χ0) is 14.8. The largest absolute Gasteiger partial charge is 0.494 e. The van der Waals surface area contributed by atoms with Crippen molar-refractivity contribution in [1.82, 2.24) is 9.55 Å². The fourth-order valence-corrected chi connectivity index (χ4v) is 2.57. The van der Waals surface area contributed by atoms with E-state index in [0.717, 1.165) is 23.4 Å². The summed E-state index contributed by atoms with van der Waals surface area (Å²) >= 11 is 5.31. The molecule has 0 aliphatic rings. The van der Waals surface area contributed by atoms with Gasteiger partial charge in [0.1, 0.15) is 17.1 Å². The second-order valence-electron chi connectivity index (χ2n) is 4.74. The van der Waals surface area contributed by atoms with Gasteiger partial charge in [0.05, 0.1) is 12.1 Å². The van der Waals surface area contributed by atoms with Crippen molar-refractivity contribution in [3.05, 3.63) is 53.1 Å². The lowest BCUT2D eigenvalue weighted by molar-refractivity contribution is 0.317. The van der Waals surface area contributed by atoms with Crippen LogP contribution in [0.15, 0.2) is 42.5 Å². The molecular weight excluding hydrogens is 287 g/mol. The molecule has 0 spiro atoms. The number of aromatic amines is 1. The second-order valence-corrected chi connectivity index (χ2v) is 5.13. The third-order valence-electron chi connectivity index (χ3n) is 3.24. The monoisotopic (exact) mass is 302 g/mol. The molecule has 0 amide bonds. The summed E-state index contributed by atoms with van der Waals surface area (Å²) in [5, 5.41) is 0. The van der Waals surface area contributed by atoms with Crippen LogP contribution < -0.4 is 4.74 Å². The summed E-state index contributed by atoms with van der Waals surface area (Å²) in [5.74, 6) is 0.512. The maximum atomic E-state index is 13.8. The molecule has 0 unspecified atom stereocenters. The van der Waals surface area contributed by atoms with Crippen LogP contribution in [-0.2, 0) is 0 Å². The van der Waals surface area contributed by atoms with Crippen molar-refractivity contribution in [3.8, 4) is 11.4 Å². The van der Waals surface area contributed by atoms with Crippen LogP contribution in [-0.4, -0.2) is 16.2 Å². The van der Waals surface area contributed by atoms with Crippen molar-refractivity contribution < 1.29 is 9.13 Å². The van der Waals surface area contributed by atoms with Crippen LogP contribution in [0.3, 0.4) is 0 Å². The highest BCUT2D eigenvalue weighted by atomic mass is 32.1. The van der Waals surface area contributed by atoms with Gasteiger partial charge in [-0.2, -0.15) is 0 Å². The Morgan fingerprint density at radius 1 is 1.19 bits per heavy atom. The Morgan fingerprint density at radius 2 is 1.95 bits per heavy atom. The van der Waals surface area contributed by atoms with Crippen LogP contribution >= 0.6 is 12.2 Å². The average Bonchev–Trinajstić information content (AvgIpc) is 2.83. The maximum Gasteiger partial charge on any atom is 0.182 e. The van der Waals surface area contributed by atoms with Crippen LogP contribution in [0.5, 0.6) is 5.75 Å². The Morgan fingerprint density at radius 3 is 2.67 bits per heavy atom. The number of para-hydroxylation sites is 1. The summed E-state index contributed by atoms with van der Waals surface area (Å²) in [7, 11) is 0. The molecule has 108 valence electrons. The number of imidazole rings is 1. The zero-order valence-corrected chi connectivity index (χ0v) is 12.4. The van der Waals surface area contributed by atoms with Gasteiger partial charge in [-0.3, -0.25) is 4.57 Å². The van der Waals surface area contributed by atoms with Crippen molar-refractivity contribution in [1.29, 1.82) is 0 Å². The van der Waals surface area contributed by atoms with E-state index in [1.165, 1.54) is 6.07 Å². The van der Waals surface area contributed by atoms with E-state index in [1.807, 2.05) is 34.9 Å². The van der Waals surface area contributed by atoms with Crippen LogP contribution in [0.25, 0.3) is 16.7 Å². The molecule has 2 aromatic carbocycles. The number of hydrogen-bond donors (Lipinski definition) is 1. The molecular formula is C16H15FN2OS. The van der Waals surface area contributed by atoms with Gasteiger partial charge >= 0.3 is 0 Å². The van der Waals surface area contributed by atoms with Crippen molar-refractivity contribution in [2.24, 2.45) is 0 Å². The smallest absolute Gasteiger partial charge is 0.182 e. The van der Waals surface area contributed by atoms with E-state index in [4.69, 9.17) is 17.0 Å². The highest BCUT2D eigenvalue weighted by molar-refractivity contribution is 7.71. The van der Waals surface area contributed by atoms with Gasteiger partial charge < -0.3 is 9.72 Å². The molecule has 0 aliphatic carbocycles. The minimum atomic E-state index is -0.305. The van der Waals surface area contributed by atoms with E-state index in [2.05, 4.69) is 11.9 Å². The summed E-state index contributed by atoms with van der Waals surface area (Å²) in [6.07, 6.45) is 0.967. The first-order chi connectivity index (χ1) is 10.2. The first-order valence-corrected chi connectivity index (χ1v) is 7.24. The standard InChI is InChI=1S/C16H15FN2OS/c1-2-10-20-12-8-6-11(7-9-12)19-14-5-3-4-13(17)15(14)18-16(19)21/h3-9H,2,10H2,1H3,(H,18,21). The fraction of sp³-hybridized carbons (Fsp3) is 0.188. The van der Waals surface area contributed by atoms with Gasteiger partial charge in [-0.1, -0.05) is 13.0 Å². The molecule has 1 N–H and O–H groups in total. The molecule has 3 nitrogen and oxygen atoms in total. The van der Waals surface area contributed by atoms with E-state index in [1.54, 1.807) is 6.07 Å². The third-order valence-corrected chi connectivity index (χ3v) is 3.52. The zero-order valence-electron chi connectivity index (χ0n) is 11.6. The highest BCUT2D eigenvalue weighted by Gasteiger charge is 2.09. The van der Waals surface area contributed by atoms with Gasteiger partial charge in [-0.05, 0) is 55.0 Å². The topological polar surface area (TPSA) is 29.9 Å². The van der Waals surface area contributed by atoms with Crippen LogP contribution in [0.1, 0.15) is 13.3 Å². The van der Waals surface area contributed by atoms with E-state index in [9.17, 15) is 4.39 Å². The minimum Gasteiger partial charge on any atom is -0.494 e. The molecule has 0 atom stereocenters. The van der Waals surface area contributed by atoms with E-state index in [-0.39, 0.29) is 5.82 Å². The number of benzene rings is 2. The van der Waals surface area contributed by atoms with Crippen molar-refractivity contribution in [2.45, 2.75) is 13.3 Å². The van der Waals surface area contributed by atoms with Gasteiger partial charge in [0.15, 0.2) is 4.77 Å². The number of hydrogen-bond acceptors (Lipinski definition) is 2. The summed E-state index contributed by atoms with van der Waals surface area (Å²) < 4.78 is 21.6. The Bertz CT molecular complexity index is 820. The van der Waals surface area contributed by atoms with Crippen LogP contribution in [0.2, 0.25) is 0 Å². The molecule has 0 saturated carbocycles. The number of halogens is 1. The molecule has 1 aromatic heterocycles. The average molecular weight is 302 g/mol. The molecule has 0 radical (unpaired) electrons. The Kier molecular flexibility index (Phi) is 3.75. The highest BCUT2D eigenvalue weighted by Crippen LogP contribution is 2.23. The third kappa shape index (κ3) is 2.56. The molecule has 3 rings (SSSR count).